The van der Waals surface area contributed by atoms with E-state index in [9.17, 15) is 9.59 Å². The first kappa shape index (κ1) is 19.6. The molecular weight excluding hydrogens is 362 g/mol. The fraction of sp³-hybridized carbons (Fsp3) is 0.417. The number of benzene rings is 2. The number of carbonyl (C=O) groups is 2. The Labute approximate surface area is 172 Å². The Bertz CT molecular complexity index is 886. The summed E-state index contributed by atoms with van der Waals surface area (Å²) in [5.41, 5.74) is 2.61. The number of nitrogens with one attached hydrogen (secondary N) is 1. The second-order valence-electron chi connectivity index (χ2n) is 8.35. The molecule has 0 saturated carbocycles. The lowest BCUT2D eigenvalue weighted by molar-refractivity contribution is -0.136. The third-order valence-electron chi connectivity index (χ3n) is 6.40. The summed E-state index contributed by atoms with van der Waals surface area (Å²) in [7, 11) is 0. The number of rotatable bonds is 3. The van der Waals surface area contributed by atoms with Crippen LogP contribution in [-0.4, -0.2) is 46.4 Å². The molecule has 2 aliphatic heterocycles. The van der Waals surface area contributed by atoms with Gasteiger partial charge in [0.2, 0.25) is 5.91 Å². The van der Waals surface area contributed by atoms with Gasteiger partial charge in [-0.3, -0.25) is 14.9 Å². The van der Waals surface area contributed by atoms with E-state index < -0.39 is 5.66 Å². The van der Waals surface area contributed by atoms with E-state index >= 15 is 0 Å². The highest BCUT2D eigenvalue weighted by Gasteiger charge is 2.52. The molecule has 1 spiro atoms. The van der Waals surface area contributed by atoms with Crippen LogP contribution in [0.5, 0.6) is 0 Å². The van der Waals surface area contributed by atoms with Gasteiger partial charge in [-0.05, 0) is 38.5 Å². The van der Waals surface area contributed by atoms with Gasteiger partial charge in [0, 0.05) is 31.5 Å². The number of piperidine rings is 1. The van der Waals surface area contributed by atoms with Crippen LogP contribution in [0.25, 0.3) is 0 Å². The van der Waals surface area contributed by atoms with Crippen molar-refractivity contribution in [2.45, 2.75) is 51.4 Å². The molecule has 0 radical (unpaired) electrons. The molecule has 29 heavy (non-hydrogen) atoms. The van der Waals surface area contributed by atoms with Crippen molar-refractivity contribution in [2.24, 2.45) is 0 Å². The van der Waals surface area contributed by atoms with E-state index in [1.54, 1.807) is 0 Å². The minimum absolute atomic E-state index is 0.0134. The molecule has 2 aromatic carbocycles. The Balaban J connectivity index is 1.53. The van der Waals surface area contributed by atoms with Crippen LogP contribution in [0.1, 0.15) is 54.2 Å². The van der Waals surface area contributed by atoms with Crippen LogP contribution in [0.15, 0.2) is 54.6 Å². The largest absolute Gasteiger partial charge is 0.338 e. The first-order valence-electron chi connectivity index (χ1n) is 10.4. The van der Waals surface area contributed by atoms with E-state index in [-0.39, 0.29) is 23.9 Å². The Hall–Kier alpha value is -2.66. The molecule has 1 N–H and O–H groups in total. The zero-order chi connectivity index (χ0) is 20.6. The van der Waals surface area contributed by atoms with Crippen molar-refractivity contribution >= 4 is 11.8 Å². The quantitative estimate of drug-likeness (QED) is 0.871. The molecule has 5 nitrogen and oxygen atoms in total. The second-order valence-corrected chi connectivity index (χ2v) is 8.35. The van der Waals surface area contributed by atoms with E-state index in [2.05, 4.69) is 24.4 Å². The molecule has 152 valence electrons. The molecule has 0 aromatic heterocycles. The van der Waals surface area contributed by atoms with E-state index in [1.165, 1.54) is 0 Å². The van der Waals surface area contributed by atoms with Crippen molar-refractivity contribution in [3.8, 4) is 0 Å². The lowest BCUT2D eigenvalue weighted by Gasteiger charge is -2.47. The number of aryl methyl sites for hydroxylation is 1. The molecule has 4 rings (SSSR count). The van der Waals surface area contributed by atoms with Crippen LogP contribution >= 0.6 is 0 Å². The molecule has 2 heterocycles. The van der Waals surface area contributed by atoms with Gasteiger partial charge in [-0.2, -0.15) is 0 Å². The van der Waals surface area contributed by atoms with Gasteiger partial charge < -0.3 is 9.80 Å². The fourth-order valence-corrected chi connectivity index (χ4v) is 4.74. The Morgan fingerprint density at radius 3 is 2.31 bits per heavy atom. The summed E-state index contributed by atoms with van der Waals surface area (Å²) in [6.45, 7) is 7.32. The summed E-state index contributed by atoms with van der Waals surface area (Å²) in [6, 6.07) is 17.7. The molecule has 2 amide bonds. The summed E-state index contributed by atoms with van der Waals surface area (Å²) < 4.78 is 0. The third kappa shape index (κ3) is 3.55. The highest BCUT2D eigenvalue weighted by Crippen LogP contribution is 2.38. The van der Waals surface area contributed by atoms with Crippen LogP contribution in [-0.2, 0) is 4.79 Å². The number of carbonyl (C=O) groups excluding carboxylic acids is 2. The van der Waals surface area contributed by atoms with E-state index in [0.29, 0.717) is 13.1 Å². The van der Waals surface area contributed by atoms with Crippen molar-refractivity contribution < 1.29 is 9.59 Å². The predicted octanol–water partition coefficient (Wildman–Crippen LogP) is 3.51. The number of hydrogen-bond donors (Lipinski definition) is 1. The second kappa shape index (κ2) is 7.64. The van der Waals surface area contributed by atoms with Crippen LogP contribution in [0.3, 0.4) is 0 Å². The zero-order valence-electron chi connectivity index (χ0n) is 17.4. The summed E-state index contributed by atoms with van der Waals surface area (Å²) in [5, 5.41) is 3.56. The van der Waals surface area contributed by atoms with Crippen LogP contribution in [0, 0.1) is 6.92 Å². The summed E-state index contributed by atoms with van der Waals surface area (Å²) >= 11 is 0. The minimum Gasteiger partial charge on any atom is -0.338 e. The summed E-state index contributed by atoms with van der Waals surface area (Å²) in [6.07, 6.45) is 1.47. The minimum atomic E-state index is -0.393. The number of nitrogens with zero attached hydrogens (tertiary/aromatic N) is 2. The summed E-state index contributed by atoms with van der Waals surface area (Å²) in [4.78, 5) is 29.9. The van der Waals surface area contributed by atoms with Crippen LogP contribution in [0.2, 0.25) is 0 Å². The molecule has 2 aromatic rings. The Kier molecular flexibility index (Phi) is 5.17. The molecule has 2 unspecified atom stereocenters. The molecule has 2 aliphatic rings. The number of hydrogen-bond acceptors (Lipinski definition) is 3. The van der Waals surface area contributed by atoms with Crippen molar-refractivity contribution in [1.29, 1.82) is 0 Å². The van der Waals surface area contributed by atoms with Gasteiger partial charge in [-0.1, -0.05) is 48.0 Å². The van der Waals surface area contributed by atoms with Gasteiger partial charge in [0.25, 0.3) is 5.91 Å². The first-order chi connectivity index (χ1) is 13.9. The van der Waals surface area contributed by atoms with Gasteiger partial charge in [0.05, 0.1) is 17.7 Å². The van der Waals surface area contributed by atoms with Gasteiger partial charge in [-0.15, -0.1) is 0 Å². The lowest BCUT2D eigenvalue weighted by atomic mass is 9.92. The average molecular weight is 392 g/mol. The zero-order valence-corrected chi connectivity index (χ0v) is 17.4. The third-order valence-corrected chi connectivity index (χ3v) is 6.40. The normalized spacial score (nSPS) is 22.2. The number of likely N-dealkylation sites (tertiary alicyclic amines) is 1. The molecule has 2 fully saturated rings. The standard InChI is InChI=1S/C24H29N3O2/c1-17-9-11-21(12-10-17)23(29)26-15-13-24(14-16-26)25-18(2)22(28)27(24)19(3)20-7-5-4-6-8-20/h4-12,18-19,25H,13-16H2,1-3H3. The van der Waals surface area contributed by atoms with Crippen molar-refractivity contribution in [3.63, 3.8) is 0 Å². The van der Waals surface area contributed by atoms with Crippen LogP contribution in [0.4, 0.5) is 0 Å². The van der Waals surface area contributed by atoms with Gasteiger partial charge in [0.1, 0.15) is 0 Å². The average Bonchev–Trinajstić information content (AvgIpc) is 2.98. The Morgan fingerprint density at radius 2 is 1.69 bits per heavy atom. The Morgan fingerprint density at radius 1 is 1.07 bits per heavy atom. The topological polar surface area (TPSA) is 52.7 Å². The smallest absolute Gasteiger partial charge is 0.253 e. The van der Waals surface area contributed by atoms with E-state index in [4.69, 9.17) is 0 Å². The van der Waals surface area contributed by atoms with E-state index in [0.717, 1.165) is 29.5 Å². The molecule has 2 atom stereocenters. The van der Waals surface area contributed by atoms with Crippen LogP contribution < -0.4 is 5.32 Å². The maximum atomic E-state index is 13.0. The van der Waals surface area contributed by atoms with Crippen molar-refractivity contribution in [2.75, 3.05) is 13.1 Å². The predicted molar refractivity (Wildman–Crippen MR) is 113 cm³/mol. The van der Waals surface area contributed by atoms with Crippen molar-refractivity contribution in [1.82, 2.24) is 15.1 Å². The molecule has 0 aliphatic carbocycles. The lowest BCUT2D eigenvalue weighted by Crippen LogP contribution is -2.59. The molecule has 5 heteroatoms. The molecular formula is C24H29N3O2. The van der Waals surface area contributed by atoms with E-state index in [1.807, 2.05) is 66.1 Å². The molecule has 0 bridgehead atoms. The maximum Gasteiger partial charge on any atom is 0.253 e. The SMILES string of the molecule is Cc1ccc(C(=O)N2CCC3(CC2)NC(C)C(=O)N3C(C)c2ccccc2)cc1. The maximum absolute atomic E-state index is 13.0. The van der Waals surface area contributed by atoms with Gasteiger partial charge >= 0.3 is 0 Å². The molecule has 2 saturated heterocycles. The van der Waals surface area contributed by atoms with Gasteiger partial charge in [0.15, 0.2) is 0 Å². The fourth-order valence-electron chi connectivity index (χ4n) is 4.74. The summed E-state index contributed by atoms with van der Waals surface area (Å²) in [5.74, 6) is 0.208. The highest BCUT2D eigenvalue weighted by atomic mass is 16.2. The van der Waals surface area contributed by atoms with Gasteiger partial charge in [-0.25, -0.2) is 0 Å². The van der Waals surface area contributed by atoms with Crippen molar-refractivity contribution in [3.05, 3.63) is 71.3 Å². The number of amides is 2. The first-order valence-corrected chi connectivity index (χ1v) is 10.4. The highest BCUT2D eigenvalue weighted by molar-refractivity contribution is 5.94. The monoisotopic (exact) mass is 391 g/mol.